The first-order valence-corrected chi connectivity index (χ1v) is 7.66. The van der Waals surface area contributed by atoms with E-state index in [1.165, 1.54) is 0 Å². The maximum absolute atomic E-state index is 12.3. The molecule has 0 saturated carbocycles. The van der Waals surface area contributed by atoms with Crippen molar-refractivity contribution in [1.29, 1.82) is 0 Å². The molecule has 1 unspecified atom stereocenters. The molecule has 0 spiro atoms. The smallest absolute Gasteiger partial charge is 0.410 e. The summed E-state index contributed by atoms with van der Waals surface area (Å²) in [6, 6.07) is 1.07. The fraction of sp³-hybridized carbons (Fsp3) is 0.933. The van der Waals surface area contributed by atoms with Crippen molar-refractivity contribution in [3.8, 4) is 0 Å². The van der Waals surface area contributed by atoms with E-state index in [0.717, 1.165) is 38.8 Å². The average Bonchev–Trinajstić information content (AvgIpc) is 2.89. The average molecular weight is 284 g/mol. The molecule has 2 aliphatic heterocycles. The van der Waals surface area contributed by atoms with Crippen LogP contribution in [0, 0.1) is 0 Å². The summed E-state index contributed by atoms with van der Waals surface area (Å²) in [5, 5.41) is 3.57. The molecule has 2 heterocycles. The Kier molecular flexibility index (Phi) is 4.91. The molecule has 2 bridgehead atoms. The molecule has 1 N–H and O–H groups in total. The highest BCUT2D eigenvalue weighted by Gasteiger charge is 2.49. The van der Waals surface area contributed by atoms with Crippen LogP contribution in [0.4, 0.5) is 4.79 Å². The van der Waals surface area contributed by atoms with Crippen molar-refractivity contribution >= 4 is 6.09 Å². The Labute approximate surface area is 122 Å². The molecular formula is C15H28N2O3. The van der Waals surface area contributed by atoms with Crippen molar-refractivity contribution in [1.82, 2.24) is 10.2 Å². The normalized spacial score (nSPS) is 29.0. The number of carbonyl (C=O) groups excluding carboxylic acids is 1. The van der Waals surface area contributed by atoms with Crippen LogP contribution in [-0.4, -0.2) is 55.0 Å². The predicted molar refractivity (Wildman–Crippen MR) is 77.8 cm³/mol. The van der Waals surface area contributed by atoms with Gasteiger partial charge in [0.15, 0.2) is 0 Å². The second kappa shape index (κ2) is 6.31. The van der Waals surface area contributed by atoms with E-state index in [-0.39, 0.29) is 6.09 Å². The Morgan fingerprint density at radius 2 is 2.10 bits per heavy atom. The van der Waals surface area contributed by atoms with Gasteiger partial charge in [-0.25, -0.2) is 4.79 Å². The van der Waals surface area contributed by atoms with Gasteiger partial charge in [0.2, 0.25) is 0 Å². The molecular weight excluding hydrogens is 256 g/mol. The van der Waals surface area contributed by atoms with Crippen LogP contribution in [-0.2, 0) is 9.47 Å². The summed E-state index contributed by atoms with van der Waals surface area (Å²) in [5.41, 5.74) is -0.416. The van der Waals surface area contributed by atoms with Crippen LogP contribution in [0.15, 0.2) is 0 Å². The van der Waals surface area contributed by atoms with Crippen molar-refractivity contribution in [3.05, 3.63) is 0 Å². The molecule has 0 aromatic carbocycles. The minimum absolute atomic E-state index is 0.147. The zero-order valence-corrected chi connectivity index (χ0v) is 13.1. The third-order valence-electron chi connectivity index (χ3n) is 4.07. The lowest BCUT2D eigenvalue weighted by molar-refractivity contribution is 0.0210. The van der Waals surface area contributed by atoms with Gasteiger partial charge in [-0.15, -0.1) is 0 Å². The van der Waals surface area contributed by atoms with Crippen LogP contribution < -0.4 is 5.32 Å². The summed E-state index contributed by atoms with van der Waals surface area (Å²) in [4.78, 5) is 14.3. The Morgan fingerprint density at radius 3 is 2.75 bits per heavy atom. The van der Waals surface area contributed by atoms with E-state index in [1.54, 1.807) is 7.11 Å². The summed E-state index contributed by atoms with van der Waals surface area (Å²) in [6.07, 6.45) is 4.12. The van der Waals surface area contributed by atoms with Crippen molar-refractivity contribution in [2.75, 3.05) is 20.3 Å². The number of methoxy groups -OCH3 is 1. The lowest BCUT2D eigenvalue weighted by Crippen LogP contribution is -2.45. The lowest BCUT2D eigenvalue weighted by atomic mass is 9.95. The molecule has 0 aromatic heterocycles. The van der Waals surface area contributed by atoms with E-state index in [9.17, 15) is 4.79 Å². The van der Waals surface area contributed by atoms with Gasteiger partial charge in [-0.2, -0.15) is 0 Å². The zero-order valence-electron chi connectivity index (χ0n) is 13.1. The van der Waals surface area contributed by atoms with Crippen LogP contribution in [0.25, 0.3) is 0 Å². The van der Waals surface area contributed by atoms with Gasteiger partial charge in [-0.1, -0.05) is 0 Å². The summed E-state index contributed by atoms with van der Waals surface area (Å²) in [6.45, 7) is 7.49. The molecule has 5 nitrogen and oxygen atoms in total. The minimum atomic E-state index is -0.416. The molecule has 20 heavy (non-hydrogen) atoms. The molecule has 3 atom stereocenters. The van der Waals surface area contributed by atoms with Crippen LogP contribution in [0.1, 0.15) is 46.5 Å². The van der Waals surface area contributed by atoms with E-state index < -0.39 is 5.60 Å². The van der Waals surface area contributed by atoms with Gasteiger partial charge in [0.05, 0.1) is 6.04 Å². The maximum Gasteiger partial charge on any atom is 0.410 e. The fourth-order valence-corrected chi connectivity index (χ4v) is 3.31. The molecule has 2 saturated heterocycles. The highest BCUT2D eigenvalue weighted by Crippen LogP contribution is 2.38. The molecule has 116 valence electrons. The Balaban J connectivity index is 1.85. The number of carbonyl (C=O) groups is 1. The van der Waals surface area contributed by atoms with Crippen molar-refractivity contribution in [2.45, 2.75) is 70.2 Å². The van der Waals surface area contributed by atoms with E-state index >= 15 is 0 Å². The predicted octanol–water partition coefficient (Wildman–Crippen LogP) is 2.15. The number of hydrogen-bond acceptors (Lipinski definition) is 4. The van der Waals surface area contributed by atoms with Crippen LogP contribution in [0.3, 0.4) is 0 Å². The minimum Gasteiger partial charge on any atom is -0.444 e. The molecule has 0 aromatic rings. The van der Waals surface area contributed by atoms with E-state index in [4.69, 9.17) is 9.47 Å². The molecule has 2 rings (SSSR count). The van der Waals surface area contributed by atoms with Gasteiger partial charge in [0.25, 0.3) is 0 Å². The molecule has 1 amide bonds. The molecule has 2 fully saturated rings. The highest BCUT2D eigenvalue weighted by atomic mass is 16.6. The van der Waals surface area contributed by atoms with E-state index in [0.29, 0.717) is 18.1 Å². The lowest BCUT2D eigenvalue weighted by Gasteiger charge is -2.28. The van der Waals surface area contributed by atoms with Gasteiger partial charge in [0.1, 0.15) is 5.60 Å². The topological polar surface area (TPSA) is 50.8 Å². The second-order valence-electron chi connectivity index (χ2n) is 6.83. The van der Waals surface area contributed by atoms with Crippen molar-refractivity contribution in [2.24, 2.45) is 0 Å². The summed E-state index contributed by atoms with van der Waals surface area (Å²) in [5.74, 6) is 0. The molecule has 2 aliphatic rings. The van der Waals surface area contributed by atoms with Crippen molar-refractivity contribution < 1.29 is 14.3 Å². The summed E-state index contributed by atoms with van der Waals surface area (Å²) < 4.78 is 10.6. The van der Waals surface area contributed by atoms with Crippen LogP contribution in [0.2, 0.25) is 0 Å². The largest absolute Gasteiger partial charge is 0.444 e. The van der Waals surface area contributed by atoms with E-state index in [1.807, 2.05) is 25.7 Å². The first kappa shape index (κ1) is 15.6. The molecule has 0 aliphatic carbocycles. The number of hydrogen-bond donors (Lipinski definition) is 1. The fourth-order valence-electron chi connectivity index (χ4n) is 3.31. The third kappa shape index (κ3) is 3.64. The van der Waals surface area contributed by atoms with Gasteiger partial charge in [0, 0.05) is 25.8 Å². The highest BCUT2D eigenvalue weighted by molar-refractivity contribution is 5.70. The Hall–Kier alpha value is -0.810. The SMILES string of the molecule is COCCCNC1C[C@H]2CC[C@H]1N2C(=O)OC(C)(C)C. The number of amides is 1. The standard InChI is InChI=1S/C15H28N2O3/c1-15(2,3)20-14(18)17-11-6-7-13(17)12(10-11)16-8-5-9-19-4/h11-13,16H,5-10H2,1-4H3/t11-,12?,13-/m1/s1. The molecule has 0 radical (unpaired) electrons. The first-order chi connectivity index (χ1) is 9.42. The number of nitrogens with zero attached hydrogens (tertiary/aromatic N) is 1. The van der Waals surface area contributed by atoms with E-state index in [2.05, 4.69) is 5.32 Å². The van der Waals surface area contributed by atoms with Gasteiger partial charge in [-0.3, -0.25) is 0 Å². The van der Waals surface area contributed by atoms with Crippen molar-refractivity contribution in [3.63, 3.8) is 0 Å². The van der Waals surface area contributed by atoms with Gasteiger partial charge < -0.3 is 19.7 Å². The number of ether oxygens (including phenoxy) is 2. The molecule has 5 heteroatoms. The number of nitrogens with one attached hydrogen (secondary N) is 1. The monoisotopic (exact) mass is 284 g/mol. The third-order valence-corrected chi connectivity index (χ3v) is 4.07. The Morgan fingerprint density at radius 1 is 1.35 bits per heavy atom. The number of fused-ring (bicyclic) bond motifs is 2. The summed E-state index contributed by atoms with van der Waals surface area (Å²) in [7, 11) is 1.72. The van der Waals surface area contributed by atoms with Gasteiger partial charge >= 0.3 is 6.09 Å². The van der Waals surface area contributed by atoms with Gasteiger partial charge in [-0.05, 0) is 53.0 Å². The second-order valence-corrected chi connectivity index (χ2v) is 6.83. The number of rotatable bonds is 5. The Bertz CT molecular complexity index is 341. The van der Waals surface area contributed by atoms with Crippen LogP contribution in [0.5, 0.6) is 0 Å². The van der Waals surface area contributed by atoms with Crippen LogP contribution >= 0.6 is 0 Å². The zero-order chi connectivity index (χ0) is 14.8. The first-order valence-electron chi connectivity index (χ1n) is 7.66. The quantitative estimate of drug-likeness (QED) is 0.786. The maximum atomic E-state index is 12.3. The summed E-state index contributed by atoms with van der Waals surface area (Å²) >= 11 is 0.